The Morgan fingerprint density at radius 3 is 2.55 bits per heavy atom. The van der Waals surface area contributed by atoms with Gasteiger partial charge in [0.05, 0.1) is 54.1 Å². The summed E-state index contributed by atoms with van der Waals surface area (Å²) in [5.41, 5.74) is 0.599. The lowest BCUT2D eigenvalue weighted by atomic mass is 9.92. The number of nitrogens with zero attached hydrogens (tertiary/aromatic N) is 3. The maximum Gasteiger partial charge on any atom is 0.345 e. The fourth-order valence-corrected chi connectivity index (χ4v) is 7.35. The molecule has 0 spiro atoms. The lowest BCUT2D eigenvalue weighted by Crippen LogP contribution is -2.42. The van der Waals surface area contributed by atoms with Crippen molar-refractivity contribution in [3.63, 3.8) is 0 Å². The highest BCUT2D eigenvalue weighted by atomic mass is 32.2. The van der Waals surface area contributed by atoms with Crippen LogP contribution in [-0.2, 0) is 19.3 Å². The summed E-state index contributed by atoms with van der Waals surface area (Å²) in [5, 5.41) is 16.4. The number of thiazole rings is 1. The van der Waals surface area contributed by atoms with E-state index in [1.807, 2.05) is 4.90 Å². The van der Waals surface area contributed by atoms with Gasteiger partial charge in [0.1, 0.15) is 4.88 Å². The molecule has 1 aromatic heterocycles. The van der Waals surface area contributed by atoms with Crippen molar-refractivity contribution < 1.29 is 31.5 Å². The highest BCUT2D eigenvalue weighted by Crippen LogP contribution is 2.32. The third-order valence-electron chi connectivity index (χ3n) is 7.89. The predicted octanol–water partition coefficient (Wildman–Crippen LogP) is 4.06. The van der Waals surface area contributed by atoms with Crippen LogP contribution in [0.3, 0.4) is 0 Å². The number of hydrogen-bond donors (Lipinski definition) is 2. The Labute approximate surface area is 249 Å². The Hall–Kier alpha value is -2.70. The number of carbonyl (C=O) groups is 1. The zero-order chi connectivity index (χ0) is 30.3. The largest absolute Gasteiger partial charge is 0.381 e. The minimum absolute atomic E-state index is 0.0178. The molecule has 230 valence electrons. The summed E-state index contributed by atoms with van der Waals surface area (Å²) >= 11 is 1.14. The van der Waals surface area contributed by atoms with Gasteiger partial charge in [0, 0.05) is 25.7 Å². The van der Waals surface area contributed by atoms with E-state index in [9.17, 15) is 27.3 Å². The Kier molecular flexibility index (Phi) is 11.2. The van der Waals surface area contributed by atoms with Crippen LogP contribution < -0.4 is 15.5 Å². The highest BCUT2D eigenvalue weighted by molar-refractivity contribution is 7.91. The second kappa shape index (κ2) is 14.7. The zero-order valence-corrected chi connectivity index (χ0v) is 25.3. The zero-order valence-electron chi connectivity index (χ0n) is 23.7. The van der Waals surface area contributed by atoms with Gasteiger partial charge < -0.3 is 25.0 Å². The third-order valence-corrected chi connectivity index (χ3v) is 10.7. The van der Waals surface area contributed by atoms with Gasteiger partial charge in [0.2, 0.25) is 0 Å². The van der Waals surface area contributed by atoms with Gasteiger partial charge in [-0.15, -0.1) is 0 Å². The van der Waals surface area contributed by atoms with Crippen LogP contribution in [0.15, 0.2) is 35.4 Å². The van der Waals surface area contributed by atoms with E-state index in [0.717, 1.165) is 37.0 Å². The molecule has 2 aromatic rings. The standard InChI is InChI=1S/C28H37F2N5O5S2/c1-3-42(37,38)23-10-4-18(5-11-23)24(12-13-31)34-26(36)25-15-32-28(41-25)35-16-20(14-21(35)17-40-27(29)30)33-19-6-8-22(39-2)9-7-19/h4-5,10-11,15,19-22,24,27,33H,3,6-9,12,14,16-17H2,1-2H3,(H,34,36)/t19?,20-,21-,22?,24-/m0/s1. The van der Waals surface area contributed by atoms with Gasteiger partial charge in [-0.2, -0.15) is 14.0 Å². The van der Waals surface area contributed by atoms with Crippen LogP contribution in [0.25, 0.3) is 0 Å². The van der Waals surface area contributed by atoms with E-state index in [0.29, 0.717) is 34.6 Å². The number of methoxy groups -OCH3 is 1. The molecule has 3 atom stereocenters. The Morgan fingerprint density at radius 1 is 1.21 bits per heavy atom. The van der Waals surface area contributed by atoms with Crippen molar-refractivity contribution in [2.24, 2.45) is 0 Å². The predicted molar refractivity (Wildman–Crippen MR) is 154 cm³/mol. The summed E-state index contributed by atoms with van der Waals surface area (Å²) in [6.07, 6.45) is 6.21. The molecule has 1 saturated heterocycles. The first-order valence-corrected chi connectivity index (χ1v) is 16.5. The van der Waals surface area contributed by atoms with Crippen molar-refractivity contribution in [3.8, 4) is 6.07 Å². The number of aromatic nitrogens is 1. The molecule has 2 aliphatic rings. The first-order chi connectivity index (χ1) is 20.1. The molecule has 42 heavy (non-hydrogen) atoms. The molecule has 2 heterocycles. The molecule has 2 N–H and O–H groups in total. The number of halogens is 2. The lowest BCUT2D eigenvalue weighted by Gasteiger charge is -2.30. The summed E-state index contributed by atoms with van der Waals surface area (Å²) in [4.78, 5) is 20.0. The summed E-state index contributed by atoms with van der Waals surface area (Å²) in [7, 11) is -1.65. The number of ether oxygens (including phenoxy) is 2. The van der Waals surface area contributed by atoms with E-state index in [2.05, 4.69) is 26.4 Å². The second-order valence-electron chi connectivity index (χ2n) is 10.6. The van der Waals surface area contributed by atoms with Crippen LogP contribution in [0.2, 0.25) is 0 Å². The second-order valence-corrected chi connectivity index (χ2v) is 13.9. The SMILES string of the molecule is CCS(=O)(=O)c1ccc([C@H](CC#N)NC(=O)c2cnc(N3C[C@@H](NC4CCC(OC)CC4)C[C@H]3COC(F)F)s2)cc1. The van der Waals surface area contributed by atoms with Crippen LogP contribution in [-0.4, -0.2) is 76.2 Å². The minimum atomic E-state index is -3.38. The Balaban J connectivity index is 1.43. The molecular formula is C28H37F2N5O5S2. The van der Waals surface area contributed by atoms with Gasteiger partial charge in [0.25, 0.3) is 5.91 Å². The number of anilines is 1. The number of nitrogens with one attached hydrogen (secondary N) is 2. The van der Waals surface area contributed by atoms with Crippen LogP contribution >= 0.6 is 11.3 Å². The van der Waals surface area contributed by atoms with Crippen LogP contribution in [0.5, 0.6) is 0 Å². The molecular weight excluding hydrogens is 588 g/mol. The van der Waals surface area contributed by atoms with E-state index in [4.69, 9.17) is 4.74 Å². The number of sulfone groups is 1. The number of benzene rings is 1. The first kappa shape index (κ1) is 32.2. The number of carbonyl (C=O) groups excluding carboxylic acids is 1. The number of rotatable bonds is 13. The number of hydrogen-bond acceptors (Lipinski definition) is 10. The fraction of sp³-hybridized carbons (Fsp3) is 0.607. The average molecular weight is 626 g/mol. The van der Waals surface area contributed by atoms with Crippen molar-refractivity contribution in [1.29, 1.82) is 5.26 Å². The van der Waals surface area contributed by atoms with E-state index < -0.39 is 28.4 Å². The normalized spacial score (nSPS) is 23.6. The van der Waals surface area contributed by atoms with E-state index in [-0.39, 0.29) is 41.9 Å². The summed E-state index contributed by atoms with van der Waals surface area (Å²) < 4.78 is 60.2. The number of amides is 1. The highest BCUT2D eigenvalue weighted by Gasteiger charge is 2.36. The van der Waals surface area contributed by atoms with Crippen molar-refractivity contribution in [2.45, 2.75) is 87.2 Å². The third kappa shape index (κ3) is 8.23. The maximum atomic E-state index is 13.2. The van der Waals surface area contributed by atoms with Gasteiger partial charge in [0.15, 0.2) is 15.0 Å². The summed E-state index contributed by atoms with van der Waals surface area (Å²) in [5.74, 6) is -0.468. The van der Waals surface area contributed by atoms with Crippen LogP contribution in [0.4, 0.5) is 13.9 Å². The van der Waals surface area contributed by atoms with E-state index in [1.54, 1.807) is 26.2 Å². The molecule has 4 rings (SSSR count). The molecule has 0 unspecified atom stereocenters. The molecule has 2 fully saturated rings. The number of nitriles is 1. The molecule has 14 heteroatoms. The maximum absolute atomic E-state index is 13.2. The summed E-state index contributed by atoms with van der Waals surface area (Å²) in [6.45, 7) is -0.942. The molecule has 1 saturated carbocycles. The summed E-state index contributed by atoms with van der Waals surface area (Å²) in [6, 6.07) is 7.57. The Bertz CT molecular complexity index is 1330. The molecule has 1 aromatic carbocycles. The van der Waals surface area contributed by atoms with Gasteiger partial charge in [-0.05, 0) is 49.8 Å². The first-order valence-electron chi connectivity index (χ1n) is 14.0. The molecule has 1 aliphatic heterocycles. The van der Waals surface area contributed by atoms with Crippen LogP contribution in [0.1, 0.15) is 66.7 Å². The topological polar surface area (TPSA) is 134 Å². The lowest BCUT2D eigenvalue weighted by molar-refractivity contribution is -0.131. The average Bonchev–Trinajstić information content (AvgIpc) is 3.64. The van der Waals surface area contributed by atoms with Gasteiger partial charge in [-0.25, -0.2) is 13.4 Å². The van der Waals surface area contributed by atoms with Crippen molar-refractivity contribution in [2.75, 3.05) is 30.9 Å². The van der Waals surface area contributed by atoms with Crippen molar-refractivity contribution >= 4 is 32.2 Å². The van der Waals surface area contributed by atoms with E-state index in [1.165, 1.54) is 18.3 Å². The minimum Gasteiger partial charge on any atom is -0.381 e. The number of alkyl halides is 2. The molecule has 10 nitrogen and oxygen atoms in total. The van der Waals surface area contributed by atoms with Gasteiger partial charge in [-0.1, -0.05) is 30.4 Å². The fourth-order valence-electron chi connectivity index (χ4n) is 5.56. The van der Waals surface area contributed by atoms with Crippen LogP contribution in [0, 0.1) is 11.3 Å². The van der Waals surface area contributed by atoms with Gasteiger partial charge >= 0.3 is 6.61 Å². The Morgan fingerprint density at radius 2 is 1.93 bits per heavy atom. The molecule has 1 amide bonds. The monoisotopic (exact) mass is 625 g/mol. The molecule has 0 radical (unpaired) electrons. The van der Waals surface area contributed by atoms with Crippen molar-refractivity contribution in [1.82, 2.24) is 15.6 Å². The molecule has 0 bridgehead atoms. The molecule has 1 aliphatic carbocycles. The smallest absolute Gasteiger partial charge is 0.345 e. The van der Waals surface area contributed by atoms with Gasteiger partial charge in [-0.3, -0.25) is 4.79 Å². The quantitative estimate of drug-likeness (QED) is 0.338. The van der Waals surface area contributed by atoms with Crippen molar-refractivity contribution in [3.05, 3.63) is 40.9 Å². The van der Waals surface area contributed by atoms with E-state index >= 15 is 0 Å².